The van der Waals surface area contributed by atoms with Crippen LogP contribution in [0.5, 0.6) is 0 Å². The summed E-state index contributed by atoms with van der Waals surface area (Å²) in [4.78, 5) is 10.9. The van der Waals surface area contributed by atoms with E-state index in [2.05, 4.69) is 15.5 Å². The molecule has 0 unspecified atom stereocenters. The Hall–Kier alpha value is -2.46. The number of piperidine rings is 1. The highest BCUT2D eigenvalue weighted by molar-refractivity contribution is 7.89. The van der Waals surface area contributed by atoms with E-state index < -0.39 is 14.9 Å². The zero-order valence-corrected chi connectivity index (χ0v) is 16.2. The van der Waals surface area contributed by atoms with Gasteiger partial charge in [-0.25, -0.2) is 8.42 Å². The maximum absolute atomic E-state index is 12.8. The molecule has 0 radical (unpaired) electrons. The molecule has 1 aromatic heterocycles. The smallest absolute Gasteiger partial charge is 0.293 e. The standard InChI is InChI=1S/C17H23N5O4S/c1-12-15(13(2)20-19-12)11-18-16-7-6-14(10-17(16)22(23)24)27(25,26)21-8-4-3-5-9-21/h6-7,10,18H,3-5,8-9,11H2,1-2H3,(H,19,20). The lowest BCUT2D eigenvalue weighted by molar-refractivity contribution is -0.384. The zero-order valence-electron chi connectivity index (χ0n) is 15.4. The van der Waals surface area contributed by atoms with E-state index in [4.69, 9.17) is 0 Å². The number of sulfonamides is 1. The van der Waals surface area contributed by atoms with Gasteiger partial charge in [0, 0.05) is 37.0 Å². The van der Waals surface area contributed by atoms with E-state index in [1.54, 1.807) is 0 Å². The van der Waals surface area contributed by atoms with Crippen molar-refractivity contribution in [2.24, 2.45) is 0 Å². The highest BCUT2D eigenvalue weighted by atomic mass is 32.2. The molecule has 27 heavy (non-hydrogen) atoms. The number of anilines is 1. The van der Waals surface area contributed by atoms with Crippen molar-refractivity contribution in [2.45, 2.75) is 44.6 Å². The van der Waals surface area contributed by atoms with Crippen LogP contribution in [-0.4, -0.2) is 40.9 Å². The molecular weight excluding hydrogens is 370 g/mol. The first-order valence-electron chi connectivity index (χ1n) is 8.83. The minimum absolute atomic E-state index is 0.0441. The first-order valence-corrected chi connectivity index (χ1v) is 10.3. The Balaban J connectivity index is 1.87. The Morgan fingerprint density at radius 3 is 2.56 bits per heavy atom. The van der Waals surface area contributed by atoms with Crippen molar-refractivity contribution < 1.29 is 13.3 Å². The maximum atomic E-state index is 12.8. The molecule has 1 saturated heterocycles. The van der Waals surface area contributed by atoms with Crippen molar-refractivity contribution >= 4 is 21.4 Å². The largest absolute Gasteiger partial charge is 0.375 e. The third kappa shape index (κ3) is 3.96. The number of nitrogens with one attached hydrogen (secondary N) is 2. The predicted molar refractivity (Wildman–Crippen MR) is 101 cm³/mol. The molecule has 2 N–H and O–H groups in total. The predicted octanol–water partition coefficient (Wildman–Crippen LogP) is 2.72. The molecule has 0 spiro atoms. The van der Waals surface area contributed by atoms with Crippen LogP contribution >= 0.6 is 0 Å². The van der Waals surface area contributed by atoms with Crippen LogP contribution in [0.3, 0.4) is 0 Å². The van der Waals surface area contributed by atoms with Crippen molar-refractivity contribution in [1.82, 2.24) is 14.5 Å². The lowest BCUT2D eigenvalue weighted by Crippen LogP contribution is -2.35. The van der Waals surface area contributed by atoms with Crippen LogP contribution in [0.15, 0.2) is 23.1 Å². The van der Waals surface area contributed by atoms with Crippen LogP contribution in [0.2, 0.25) is 0 Å². The second kappa shape index (κ2) is 7.65. The molecule has 2 heterocycles. The number of rotatable bonds is 6. The minimum atomic E-state index is -3.72. The molecule has 0 saturated carbocycles. The number of hydrogen-bond donors (Lipinski definition) is 2. The summed E-state index contributed by atoms with van der Waals surface area (Å²) in [6, 6.07) is 4.02. The Labute approximate surface area is 158 Å². The number of aromatic nitrogens is 2. The van der Waals surface area contributed by atoms with Crippen LogP contribution in [0, 0.1) is 24.0 Å². The number of aryl methyl sites for hydroxylation is 2. The van der Waals surface area contributed by atoms with E-state index in [1.807, 2.05) is 13.8 Å². The van der Waals surface area contributed by atoms with Gasteiger partial charge in [-0.1, -0.05) is 6.42 Å². The molecule has 2 aromatic rings. The van der Waals surface area contributed by atoms with Crippen LogP contribution in [0.4, 0.5) is 11.4 Å². The van der Waals surface area contributed by atoms with Gasteiger partial charge in [0.25, 0.3) is 5.69 Å². The fraction of sp³-hybridized carbons (Fsp3) is 0.471. The first-order chi connectivity index (χ1) is 12.8. The Kier molecular flexibility index (Phi) is 5.47. The molecule has 146 valence electrons. The molecule has 9 nitrogen and oxygen atoms in total. The second-order valence-electron chi connectivity index (χ2n) is 6.67. The van der Waals surface area contributed by atoms with Crippen molar-refractivity contribution in [2.75, 3.05) is 18.4 Å². The van der Waals surface area contributed by atoms with E-state index in [-0.39, 0.29) is 16.3 Å². The summed E-state index contributed by atoms with van der Waals surface area (Å²) in [5, 5.41) is 21.5. The summed E-state index contributed by atoms with van der Waals surface area (Å²) in [5.41, 5.74) is 2.64. The molecule has 0 aliphatic carbocycles. The van der Waals surface area contributed by atoms with Gasteiger partial charge in [0.15, 0.2) is 0 Å². The number of benzene rings is 1. The normalized spacial score (nSPS) is 15.6. The lowest BCUT2D eigenvalue weighted by Gasteiger charge is -2.25. The van der Waals surface area contributed by atoms with E-state index in [1.165, 1.54) is 16.4 Å². The number of H-pyrrole nitrogens is 1. The summed E-state index contributed by atoms with van der Waals surface area (Å²) in [7, 11) is -3.72. The monoisotopic (exact) mass is 393 g/mol. The number of hydrogen-bond acceptors (Lipinski definition) is 6. The van der Waals surface area contributed by atoms with E-state index >= 15 is 0 Å². The molecule has 1 aliphatic heterocycles. The number of aromatic amines is 1. The molecular formula is C17H23N5O4S. The van der Waals surface area contributed by atoms with Crippen molar-refractivity contribution in [3.05, 3.63) is 45.3 Å². The zero-order chi connectivity index (χ0) is 19.6. The summed E-state index contributed by atoms with van der Waals surface area (Å²) in [6.07, 6.45) is 2.62. The number of nitrogens with zero attached hydrogens (tertiary/aromatic N) is 3. The highest BCUT2D eigenvalue weighted by Gasteiger charge is 2.28. The Morgan fingerprint density at radius 2 is 1.96 bits per heavy atom. The molecule has 1 aromatic carbocycles. The molecule has 0 amide bonds. The van der Waals surface area contributed by atoms with Gasteiger partial charge in [0.1, 0.15) is 5.69 Å². The van der Waals surface area contributed by atoms with Gasteiger partial charge >= 0.3 is 0 Å². The van der Waals surface area contributed by atoms with Gasteiger partial charge in [0.05, 0.1) is 15.5 Å². The van der Waals surface area contributed by atoms with Gasteiger partial charge in [0.2, 0.25) is 10.0 Å². The van der Waals surface area contributed by atoms with Gasteiger partial charge in [-0.15, -0.1) is 0 Å². The van der Waals surface area contributed by atoms with E-state index in [0.717, 1.165) is 42.3 Å². The van der Waals surface area contributed by atoms with E-state index in [9.17, 15) is 18.5 Å². The average Bonchev–Trinajstić information content (AvgIpc) is 2.98. The van der Waals surface area contributed by atoms with Crippen LogP contribution in [0.1, 0.15) is 36.2 Å². The molecule has 10 heteroatoms. The molecule has 3 rings (SSSR count). The summed E-state index contributed by atoms with van der Waals surface area (Å²) < 4.78 is 27.0. The number of nitro groups is 1. The maximum Gasteiger partial charge on any atom is 0.293 e. The van der Waals surface area contributed by atoms with Gasteiger partial charge < -0.3 is 5.32 Å². The molecule has 0 atom stereocenters. The topological polar surface area (TPSA) is 121 Å². The first kappa shape index (κ1) is 19.3. The fourth-order valence-corrected chi connectivity index (χ4v) is 4.78. The SMILES string of the molecule is Cc1n[nH]c(C)c1CNc1ccc(S(=O)(=O)N2CCCCC2)cc1[N+](=O)[O-]. The lowest BCUT2D eigenvalue weighted by atomic mass is 10.2. The van der Waals surface area contributed by atoms with Crippen LogP contribution < -0.4 is 5.32 Å². The quantitative estimate of drug-likeness (QED) is 0.575. The fourth-order valence-electron chi connectivity index (χ4n) is 3.24. The summed E-state index contributed by atoms with van der Waals surface area (Å²) >= 11 is 0. The number of nitro benzene ring substituents is 1. The molecule has 1 fully saturated rings. The third-order valence-electron chi connectivity index (χ3n) is 4.86. The van der Waals surface area contributed by atoms with Crippen LogP contribution in [-0.2, 0) is 16.6 Å². The minimum Gasteiger partial charge on any atom is -0.375 e. The third-order valence-corrected chi connectivity index (χ3v) is 6.75. The van der Waals surface area contributed by atoms with E-state index in [0.29, 0.717) is 19.6 Å². The Bertz CT molecular complexity index is 929. The van der Waals surface area contributed by atoms with Crippen molar-refractivity contribution in [1.29, 1.82) is 0 Å². The summed E-state index contributed by atoms with van der Waals surface area (Å²) in [5.74, 6) is 0. The average molecular weight is 393 g/mol. The molecule has 0 bridgehead atoms. The second-order valence-corrected chi connectivity index (χ2v) is 8.60. The van der Waals surface area contributed by atoms with Crippen molar-refractivity contribution in [3.8, 4) is 0 Å². The van der Waals surface area contributed by atoms with Crippen LogP contribution in [0.25, 0.3) is 0 Å². The van der Waals surface area contributed by atoms with Gasteiger partial charge in [-0.05, 0) is 38.8 Å². The Morgan fingerprint density at radius 1 is 1.26 bits per heavy atom. The summed E-state index contributed by atoms with van der Waals surface area (Å²) in [6.45, 7) is 4.99. The van der Waals surface area contributed by atoms with Crippen molar-refractivity contribution in [3.63, 3.8) is 0 Å². The van der Waals surface area contributed by atoms with Gasteiger partial charge in [-0.3, -0.25) is 15.2 Å². The molecule has 1 aliphatic rings. The van der Waals surface area contributed by atoms with Gasteiger partial charge in [-0.2, -0.15) is 9.40 Å². The highest BCUT2D eigenvalue weighted by Crippen LogP contribution is 2.30.